The summed E-state index contributed by atoms with van der Waals surface area (Å²) in [7, 11) is 0. The first-order valence-electron chi connectivity index (χ1n) is 13.1. The van der Waals surface area contributed by atoms with Gasteiger partial charge in [0, 0.05) is 43.5 Å². The van der Waals surface area contributed by atoms with Gasteiger partial charge in [0.1, 0.15) is 0 Å². The second kappa shape index (κ2) is 16.6. The van der Waals surface area contributed by atoms with Crippen molar-refractivity contribution in [2.45, 2.75) is 44.6 Å². The molecule has 3 rings (SSSR count). The topological polar surface area (TPSA) is 169 Å². The van der Waals surface area contributed by atoms with Crippen LogP contribution in [0.1, 0.15) is 48.9 Å². The maximum absolute atomic E-state index is 12.4. The molecule has 1 saturated carbocycles. The molecule has 0 atom stereocenters. The molecule has 0 unspecified atom stereocenters. The molecule has 1 heterocycles. The number of amides is 1. The molecular weight excluding hydrogens is 476 g/mol. The number of nitrogens with one attached hydrogen (secondary N) is 4. The summed E-state index contributed by atoms with van der Waals surface area (Å²) in [5.41, 5.74) is 6.64. The van der Waals surface area contributed by atoms with Crippen LogP contribution in [0.5, 0.6) is 0 Å². The van der Waals surface area contributed by atoms with Crippen molar-refractivity contribution in [3.05, 3.63) is 29.8 Å². The Labute approximate surface area is 218 Å². The van der Waals surface area contributed by atoms with Gasteiger partial charge >= 0.3 is 0 Å². The molecule has 0 bridgehead atoms. The molecule has 1 aliphatic rings. The van der Waals surface area contributed by atoms with Gasteiger partial charge in [-0.1, -0.05) is 19.3 Å². The standard InChI is InChI=1S/C25H40N8O4/c26-11-15-36-17-18-37-16-13-27-22(35)19-7-9-21(10-8-19)30-25-32-23(28-12-4-14-34)31-24(33-25)29-20-5-2-1-3-6-20/h7-10,20,34H,1-6,11-18,26H2,(H,27,35)(H3,28,29,30,31,32,33). The average molecular weight is 517 g/mol. The van der Waals surface area contributed by atoms with Gasteiger partial charge in [-0.25, -0.2) is 0 Å². The molecule has 7 N–H and O–H groups in total. The van der Waals surface area contributed by atoms with E-state index in [1.807, 2.05) is 0 Å². The van der Waals surface area contributed by atoms with Gasteiger partial charge in [-0.15, -0.1) is 0 Å². The maximum Gasteiger partial charge on any atom is 0.251 e. The van der Waals surface area contributed by atoms with E-state index in [1.54, 1.807) is 24.3 Å². The molecule has 12 heteroatoms. The Kier molecular flexibility index (Phi) is 12.8. The Morgan fingerprint density at radius 2 is 1.62 bits per heavy atom. The average Bonchev–Trinajstić information content (AvgIpc) is 2.91. The molecule has 12 nitrogen and oxygen atoms in total. The van der Waals surface area contributed by atoms with Crippen LogP contribution in [0.4, 0.5) is 23.5 Å². The summed E-state index contributed by atoms with van der Waals surface area (Å²) in [5, 5.41) is 21.7. The summed E-state index contributed by atoms with van der Waals surface area (Å²) in [6, 6.07) is 7.43. The predicted octanol–water partition coefficient (Wildman–Crippen LogP) is 1.88. The fraction of sp³-hybridized carbons (Fsp3) is 0.600. The zero-order valence-corrected chi connectivity index (χ0v) is 21.4. The number of carbonyl (C=O) groups is 1. The molecule has 1 amide bonds. The Bertz CT molecular complexity index is 925. The van der Waals surface area contributed by atoms with Crippen molar-refractivity contribution in [1.82, 2.24) is 20.3 Å². The number of aliphatic hydroxyl groups excluding tert-OH is 1. The number of hydrogen-bond donors (Lipinski definition) is 6. The largest absolute Gasteiger partial charge is 0.396 e. The van der Waals surface area contributed by atoms with Crippen molar-refractivity contribution in [3.8, 4) is 0 Å². The van der Waals surface area contributed by atoms with Crippen molar-refractivity contribution < 1.29 is 19.4 Å². The number of aromatic nitrogens is 3. The quantitative estimate of drug-likeness (QED) is 0.170. The van der Waals surface area contributed by atoms with Crippen LogP contribution in [-0.2, 0) is 9.47 Å². The molecule has 2 aromatic rings. The molecular formula is C25H40N8O4. The van der Waals surface area contributed by atoms with E-state index in [-0.39, 0.29) is 12.5 Å². The number of carbonyl (C=O) groups excluding carboxylic acids is 1. The van der Waals surface area contributed by atoms with Gasteiger partial charge in [0.2, 0.25) is 17.8 Å². The molecule has 0 aliphatic heterocycles. The Balaban J connectivity index is 1.52. The van der Waals surface area contributed by atoms with E-state index in [9.17, 15) is 4.79 Å². The summed E-state index contributed by atoms with van der Waals surface area (Å²) < 4.78 is 10.6. The third kappa shape index (κ3) is 10.8. The first kappa shape index (κ1) is 28.5. The number of anilines is 4. The first-order chi connectivity index (χ1) is 18.2. The molecule has 0 spiro atoms. The Morgan fingerprint density at radius 3 is 2.35 bits per heavy atom. The molecule has 1 fully saturated rings. The minimum absolute atomic E-state index is 0.0908. The van der Waals surface area contributed by atoms with E-state index in [1.165, 1.54) is 19.3 Å². The van der Waals surface area contributed by atoms with Crippen molar-refractivity contribution in [2.24, 2.45) is 5.73 Å². The number of nitrogens with two attached hydrogens (primary N) is 1. The summed E-state index contributed by atoms with van der Waals surface area (Å²) in [6.07, 6.45) is 6.46. The number of hydrogen-bond acceptors (Lipinski definition) is 11. The van der Waals surface area contributed by atoms with Gasteiger partial charge in [0.25, 0.3) is 5.91 Å². The fourth-order valence-electron chi connectivity index (χ4n) is 3.86. The zero-order chi connectivity index (χ0) is 26.1. The van der Waals surface area contributed by atoms with Gasteiger partial charge in [0.15, 0.2) is 0 Å². The maximum atomic E-state index is 12.4. The highest BCUT2D eigenvalue weighted by atomic mass is 16.5. The number of nitrogens with zero attached hydrogens (tertiary/aromatic N) is 3. The van der Waals surface area contributed by atoms with Crippen LogP contribution in [0.3, 0.4) is 0 Å². The molecule has 1 aromatic heterocycles. The lowest BCUT2D eigenvalue weighted by Gasteiger charge is -2.23. The highest BCUT2D eigenvalue weighted by Crippen LogP contribution is 2.22. The molecule has 0 radical (unpaired) electrons. The van der Waals surface area contributed by atoms with Crippen LogP contribution >= 0.6 is 0 Å². The van der Waals surface area contributed by atoms with E-state index in [2.05, 4.69) is 36.2 Å². The van der Waals surface area contributed by atoms with Gasteiger partial charge in [0.05, 0.1) is 26.4 Å². The van der Waals surface area contributed by atoms with Crippen molar-refractivity contribution in [2.75, 3.05) is 68.6 Å². The Hall–Kier alpha value is -3.06. The van der Waals surface area contributed by atoms with Crippen molar-refractivity contribution >= 4 is 29.4 Å². The first-order valence-corrected chi connectivity index (χ1v) is 13.1. The monoisotopic (exact) mass is 516 g/mol. The van der Waals surface area contributed by atoms with Crippen LogP contribution in [0, 0.1) is 0 Å². The lowest BCUT2D eigenvalue weighted by Crippen LogP contribution is -2.27. The fourth-order valence-corrected chi connectivity index (χ4v) is 3.86. The molecule has 0 saturated heterocycles. The molecule has 1 aromatic carbocycles. The van der Waals surface area contributed by atoms with Gasteiger partial charge < -0.3 is 41.6 Å². The predicted molar refractivity (Wildman–Crippen MR) is 143 cm³/mol. The minimum Gasteiger partial charge on any atom is -0.396 e. The van der Waals surface area contributed by atoms with E-state index in [4.69, 9.17) is 20.3 Å². The van der Waals surface area contributed by atoms with Crippen LogP contribution in [0.25, 0.3) is 0 Å². The summed E-state index contributed by atoms with van der Waals surface area (Å²) in [4.78, 5) is 25.9. The van der Waals surface area contributed by atoms with Gasteiger partial charge in [-0.3, -0.25) is 4.79 Å². The van der Waals surface area contributed by atoms with Crippen molar-refractivity contribution in [3.63, 3.8) is 0 Å². The Morgan fingerprint density at radius 1 is 0.919 bits per heavy atom. The lowest BCUT2D eigenvalue weighted by molar-refractivity contribution is 0.0511. The van der Waals surface area contributed by atoms with Crippen molar-refractivity contribution in [1.29, 1.82) is 0 Å². The number of ether oxygens (including phenoxy) is 2. The second-order valence-electron chi connectivity index (χ2n) is 8.76. The number of aliphatic hydroxyl groups is 1. The molecule has 37 heavy (non-hydrogen) atoms. The lowest BCUT2D eigenvalue weighted by atomic mass is 9.96. The summed E-state index contributed by atoms with van der Waals surface area (Å²) in [6.45, 7) is 3.41. The normalized spacial score (nSPS) is 13.8. The zero-order valence-electron chi connectivity index (χ0n) is 21.4. The second-order valence-corrected chi connectivity index (χ2v) is 8.76. The number of rotatable bonds is 17. The van der Waals surface area contributed by atoms with Crippen LogP contribution in [0.2, 0.25) is 0 Å². The van der Waals surface area contributed by atoms with E-state index in [0.29, 0.717) is 81.9 Å². The SMILES string of the molecule is NCCOCCOCCNC(=O)c1ccc(Nc2nc(NCCCO)nc(NC3CCCCC3)n2)cc1. The minimum atomic E-state index is -0.177. The molecule has 204 valence electrons. The van der Waals surface area contributed by atoms with Crippen LogP contribution in [0.15, 0.2) is 24.3 Å². The number of benzene rings is 1. The van der Waals surface area contributed by atoms with E-state index in [0.717, 1.165) is 18.5 Å². The van der Waals surface area contributed by atoms with Crippen LogP contribution < -0.4 is 27.0 Å². The van der Waals surface area contributed by atoms with E-state index >= 15 is 0 Å². The van der Waals surface area contributed by atoms with Gasteiger partial charge in [-0.2, -0.15) is 15.0 Å². The van der Waals surface area contributed by atoms with Crippen LogP contribution in [-0.4, -0.2) is 84.7 Å². The smallest absolute Gasteiger partial charge is 0.251 e. The van der Waals surface area contributed by atoms with E-state index < -0.39 is 0 Å². The highest BCUT2D eigenvalue weighted by molar-refractivity contribution is 5.94. The summed E-state index contributed by atoms with van der Waals surface area (Å²) in [5.74, 6) is 1.17. The third-order valence-corrected chi connectivity index (χ3v) is 5.76. The highest BCUT2D eigenvalue weighted by Gasteiger charge is 2.16. The van der Waals surface area contributed by atoms with Gasteiger partial charge in [-0.05, 0) is 43.5 Å². The summed E-state index contributed by atoms with van der Waals surface area (Å²) >= 11 is 0. The third-order valence-electron chi connectivity index (χ3n) is 5.76. The molecule has 1 aliphatic carbocycles.